The molecule has 5 rings (SSSR count). The van der Waals surface area contributed by atoms with E-state index in [4.69, 9.17) is 0 Å². The number of fused-ring (bicyclic) bond motifs is 4. The van der Waals surface area contributed by atoms with Gasteiger partial charge < -0.3 is 14.6 Å². The van der Waals surface area contributed by atoms with Crippen LogP contribution in [0.5, 0.6) is 0 Å². The van der Waals surface area contributed by atoms with E-state index in [1.165, 1.54) is 10.8 Å². The van der Waals surface area contributed by atoms with Gasteiger partial charge >= 0.3 is 7.12 Å². The average Bonchev–Trinajstić information content (AvgIpc) is 3.13. The number of hydrogen-bond acceptors (Lipinski definition) is 2. The Balaban J connectivity index is 0.000000503. The van der Waals surface area contributed by atoms with Gasteiger partial charge in [0.25, 0.3) is 0 Å². The quantitative estimate of drug-likeness (QED) is 0.320. The van der Waals surface area contributed by atoms with E-state index in [1.807, 2.05) is 68.5 Å². The van der Waals surface area contributed by atoms with Gasteiger partial charge in [-0.1, -0.05) is 72.8 Å². The van der Waals surface area contributed by atoms with Crippen molar-refractivity contribution in [2.45, 2.75) is 13.8 Å². The third-order valence-electron chi connectivity index (χ3n) is 5.33. The minimum Gasteiger partial charge on any atom is -0.423 e. The SMILES string of the molecule is C/C=C\C.OB(O)c1cccc2c1c1ccccc1n2-c1ccc2ccccc2c1. The maximum absolute atomic E-state index is 9.85. The molecule has 0 aliphatic heterocycles. The van der Waals surface area contributed by atoms with Crippen LogP contribution >= 0.6 is 0 Å². The molecule has 0 fully saturated rings. The Bertz CT molecular complexity index is 1350. The normalized spacial score (nSPS) is 11.2. The van der Waals surface area contributed by atoms with Crippen LogP contribution in [0.2, 0.25) is 0 Å². The lowest BCUT2D eigenvalue weighted by molar-refractivity contribution is 0.426. The molecule has 4 aromatic carbocycles. The summed E-state index contributed by atoms with van der Waals surface area (Å²) >= 11 is 0. The lowest BCUT2D eigenvalue weighted by Gasteiger charge is -2.10. The first-order valence-corrected chi connectivity index (χ1v) is 10.1. The molecule has 148 valence electrons. The standard InChI is InChI=1S/C22H16BNO2.C4H8/c25-23(26)19-9-5-11-21-22(19)18-8-3-4-10-20(18)24(21)17-13-12-15-6-1-2-7-16(15)14-17;1-3-4-2/h1-14,25-26H;3-4H,1-2H3/b;4-3-. The summed E-state index contributed by atoms with van der Waals surface area (Å²) in [5, 5.41) is 24.0. The summed E-state index contributed by atoms with van der Waals surface area (Å²) in [6.07, 6.45) is 4.00. The predicted octanol–water partition coefficient (Wildman–Crippen LogP) is 5.20. The molecule has 0 spiro atoms. The van der Waals surface area contributed by atoms with Crippen molar-refractivity contribution in [3.63, 3.8) is 0 Å². The molecule has 0 aliphatic carbocycles. The molecule has 1 heterocycles. The number of allylic oxidation sites excluding steroid dienone is 2. The van der Waals surface area contributed by atoms with Crippen molar-refractivity contribution >= 4 is 45.2 Å². The first kappa shape index (κ1) is 20.0. The van der Waals surface area contributed by atoms with Crippen molar-refractivity contribution in [2.75, 3.05) is 0 Å². The molecule has 0 amide bonds. The zero-order valence-electron chi connectivity index (χ0n) is 17.2. The highest BCUT2D eigenvalue weighted by molar-refractivity contribution is 6.63. The fourth-order valence-electron chi connectivity index (χ4n) is 3.86. The summed E-state index contributed by atoms with van der Waals surface area (Å²) in [6, 6.07) is 28.4. The molecule has 0 bridgehead atoms. The number of nitrogens with zero attached hydrogens (tertiary/aromatic N) is 1. The van der Waals surface area contributed by atoms with Gasteiger partial charge in [-0.3, -0.25) is 0 Å². The topological polar surface area (TPSA) is 45.4 Å². The third kappa shape index (κ3) is 3.52. The average molecular weight is 393 g/mol. The second kappa shape index (κ2) is 8.58. The Morgan fingerprint density at radius 2 is 1.37 bits per heavy atom. The first-order chi connectivity index (χ1) is 14.7. The maximum atomic E-state index is 9.85. The molecule has 5 aromatic rings. The van der Waals surface area contributed by atoms with Crippen LogP contribution in [0.3, 0.4) is 0 Å². The van der Waals surface area contributed by atoms with Gasteiger partial charge in [0.05, 0.1) is 11.0 Å². The van der Waals surface area contributed by atoms with Crippen LogP contribution in [-0.2, 0) is 0 Å². The van der Waals surface area contributed by atoms with Gasteiger partial charge in [0.1, 0.15) is 0 Å². The largest absolute Gasteiger partial charge is 0.489 e. The van der Waals surface area contributed by atoms with Gasteiger partial charge in [0.15, 0.2) is 0 Å². The molecular weight excluding hydrogens is 369 g/mol. The minimum atomic E-state index is -1.51. The summed E-state index contributed by atoms with van der Waals surface area (Å²) in [4.78, 5) is 0. The molecule has 3 nitrogen and oxygen atoms in total. The Morgan fingerprint density at radius 1 is 0.700 bits per heavy atom. The molecule has 4 heteroatoms. The smallest absolute Gasteiger partial charge is 0.423 e. The van der Waals surface area contributed by atoms with Crippen molar-refractivity contribution in [3.05, 3.63) is 97.1 Å². The van der Waals surface area contributed by atoms with E-state index < -0.39 is 7.12 Å². The fraction of sp³-hybridized carbons (Fsp3) is 0.0769. The van der Waals surface area contributed by atoms with Gasteiger partial charge in [-0.25, -0.2) is 0 Å². The summed E-state index contributed by atoms with van der Waals surface area (Å²) in [6.45, 7) is 4.00. The van der Waals surface area contributed by atoms with Crippen molar-refractivity contribution in [3.8, 4) is 5.69 Å². The van der Waals surface area contributed by atoms with Crippen LogP contribution < -0.4 is 5.46 Å². The second-order valence-corrected chi connectivity index (χ2v) is 7.17. The van der Waals surface area contributed by atoms with Gasteiger partial charge in [-0.15, -0.1) is 0 Å². The van der Waals surface area contributed by atoms with Gasteiger partial charge in [-0.05, 0) is 54.3 Å². The highest BCUT2D eigenvalue weighted by Gasteiger charge is 2.20. The van der Waals surface area contributed by atoms with Crippen LogP contribution in [0.25, 0.3) is 38.3 Å². The molecule has 0 atom stereocenters. The number of para-hydroxylation sites is 1. The Morgan fingerprint density at radius 3 is 2.10 bits per heavy atom. The Hall–Kier alpha value is -3.34. The number of aromatic nitrogens is 1. The molecule has 0 saturated carbocycles. The van der Waals surface area contributed by atoms with Gasteiger partial charge in [0, 0.05) is 16.5 Å². The van der Waals surface area contributed by atoms with E-state index in [2.05, 4.69) is 41.0 Å². The van der Waals surface area contributed by atoms with E-state index in [0.29, 0.717) is 5.46 Å². The molecule has 0 radical (unpaired) electrons. The lowest BCUT2D eigenvalue weighted by Crippen LogP contribution is -2.30. The van der Waals surface area contributed by atoms with Crippen LogP contribution in [-0.4, -0.2) is 21.7 Å². The van der Waals surface area contributed by atoms with Crippen LogP contribution in [0.4, 0.5) is 0 Å². The molecule has 30 heavy (non-hydrogen) atoms. The highest BCUT2D eigenvalue weighted by Crippen LogP contribution is 2.32. The molecule has 1 aromatic heterocycles. The Kier molecular flexibility index (Phi) is 5.71. The van der Waals surface area contributed by atoms with Crippen molar-refractivity contribution in [1.29, 1.82) is 0 Å². The van der Waals surface area contributed by atoms with Crippen molar-refractivity contribution < 1.29 is 10.0 Å². The van der Waals surface area contributed by atoms with E-state index in [1.54, 1.807) is 6.07 Å². The molecule has 0 aliphatic rings. The number of rotatable bonds is 2. The number of hydrogen-bond donors (Lipinski definition) is 2. The van der Waals surface area contributed by atoms with Crippen LogP contribution in [0.1, 0.15) is 13.8 Å². The molecule has 2 N–H and O–H groups in total. The van der Waals surface area contributed by atoms with Crippen molar-refractivity contribution in [1.82, 2.24) is 4.57 Å². The van der Waals surface area contributed by atoms with E-state index in [9.17, 15) is 10.0 Å². The summed E-state index contributed by atoms with van der Waals surface area (Å²) in [5.74, 6) is 0. The van der Waals surface area contributed by atoms with Crippen molar-refractivity contribution in [2.24, 2.45) is 0 Å². The summed E-state index contributed by atoms with van der Waals surface area (Å²) in [5.41, 5.74) is 3.59. The zero-order valence-corrected chi connectivity index (χ0v) is 17.2. The molecule has 0 saturated heterocycles. The monoisotopic (exact) mass is 393 g/mol. The molecule has 0 unspecified atom stereocenters. The summed E-state index contributed by atoms with van der Waals surface area (Å²) < 4.78 is 2.18. The predicted molar refractivity (Wildman–Crippen MR) is 129 cm³/mol. The van der Waals surface area contributed by atoms with E-state index in [0.717, 1.165) is 27.5 Å². The van der Waals surface area contributed by atoms with Crippen LogP contribution in [0, 0.1) is 0 Å². The lowest BCUT2D eigenvalue weighted by atomic mass is 9.77. The van der Waals surface area contributed by atoms with Gasteiger partial charge in [0.2, 0.25) is 0 Å². The molecular formula is C26H24BNO2. The minimum absolute atomic E-state index is 0.526. The van der Waals surface area contributed by atoms with E-state index in [-0.39, 0.29) is 0 Å². The fourth-order valence-corrected chi connectivity index (χ4v) is 3.86. The maximum Gasteiger partial charge on any atom is 0.489 e. The Labute approximate surface area is 176 Å². The third-order valence-corrected chi connectivity index (χ3v) is 5.33. The zero-order chi connectivity index (χ0) is 21.1. The second-order valence-electron chi connectivity index (χ2n) is 7.17. The van der Waals surface area contributed by atoms with Gasteiger partial charge in [-0.2, -0.15) is 0 Å². The van der Waals surface area contributed by atoms with Crippen LogP contribution in [0.15, 0.2) is 97.1 Å². The first-order valence-electron chi connectivity index (χ1n) is 10.1. The highest BCUT2D eigenvalue weighted by atomic mass is 16.4. The summed E-state index contributed by atoms with van der Waals surface area (Å²) in [7, 11) is -1.51. The number of benzene rings is 4. The van der Waals surface area contributed by atoms with E-state index >= 15 is 0 Å².